The van der Waals surface area contributed by atoms with Crippen LogP contribution in [0.3, 0.4) is 0 Å². The van der Waals surface area contributed by atoms with Gasteiger partial charge in [-0.1, -0.05) is 24.3 Å². The lowest BCUT2D eigenvalue weighted by molar-refractivity contribution is 0.0412. The number of aromatic nitrogens is 2. The molecule has 5 heteroatoms. The van der Waals surface area contributed by atoms with E-state index in [2.05, 4.69) is 5.10 Å². The van der Waals surface area contributed by atoms with Crippen LogP contribution in [0.25, 0.3) is 5.69 Å². The minimum Gasteiger partial charge on any atom is -0.383 e. The number of aliphatic hydroxyl groups is 1. The molecule has 0 aliphatic carbocycles. The Morgan fingerprint density at radius 1 is 1.07 bits per heavy atom. The van der Waals surface area contributed by atoms with Gasteiger partial charge < -0.3 is 10.0 Å². The molecule has 3 aromatic rings. The van der Waals surface area contributed by atoms with Gasteiger partial charge in [-0.15, -0.1) is 0 Å². The SMILES string of the molecule is Cc1cc(C)n(-c2ccc(C(=O)N3CC[C@@](O)(c4ccccc4C)C3)cc2)n1. The minimum atomic E-state index is -0.982. The van der Waals surface area contributed by atoms with E-state index in [4.69, 9.17) is 0 Å². The summed E-state index contributed by atoms with van der Waals surface area (Å²) in [5, 5.41) is 15.6. The first-order chi connectivity index (χ1) is 13.4. The molecule has 2 heterocycles. The molecule has 1 aliphatic heterocycles. The lowest BCUT2D eigenvalue weighted by atomic mass is 9.89. The van der Waals surface area contributed by atoms with Gasteiger partial charge in [-0.25, -0.2) is 4.68 Å². The van der Waals surface area contributed by atoms with Gasteiger partial charge in [0.05, 0.1) is 17.9 Å². The Hall–Kier alpha value is -2.92. The van der Waals surface area contributed by atoms with E-state index < -0.39 is 5.60 Å². The van der Waals surface area contributed by atoms with Crippen molar-refractivity contribution in [1.82, 2.24) is 14.7 Å². The van der Waals surface area contributed by atoms with Crippen molar-refractivity contribution >= 4 is 5.91 Å². The molecule has 5 nitrogen and oxygen atoms in total. The molecule has 2 aromatic carbocycles. The highest BCUT2D eigenvalue weighted by molar-refractivity contribution is 5.94. The summed E-state index contributed by atoms with van der Waals surface area (Å²) in [6.07, 6.45) is 0.549. The smallest absolute Gasteiger partial charge is 0.253 e. The number of nitrogens with zero attached hydrogens (tertiary/aromatic N) is 3. The zero-order valence-electron chi connectivity index (χ0n) is 16.5. The summed E-state index contributed by atoms with van der Waals surface area (Å²) in [6, 6.07) is 17.4. The Morgan fingerprint density at radius 2 is 1.79 bits per heavy atom. The molecule has 1 saturated heterocycles. The monoisotopic (exact) mass is 375 g/mol. The Balaban J connectivity index is 1.53. The van der Waals surface area contributed by atoms with E-state index in [1.807, 2.05) is 80.1 Å². The van der Waals surface area contributed by atoms with Gasteiger partial charge in [0.2, 0.25) is 0 Å². The van der Waals surface area contributed by atoms with Gasteiger partial charge in [0.25, 0.3) is 5.91 Å². The van der Waals surface area contributed by atoms with E-state index in [-0.39, 0.29) is 5.91 Å². The molecular weight excluding hydrogens is 350 g/mol. The zero-order chi connectivity index (χ0) is 19.9. The van der Waals surface area contributed by atoms with Crippen LogP contribution in [0.15, 0.2) is 54.6 Å². The number of hydrogen-bond acceptors (Lipinski definition) is 3. The van der Waals surface area contributed by atoms with Crippen LogP contribution >= 0.6 is 0 Å². The number of carbonyl (C=O) groups excluding carboxylic acids is 1. The van der Waals surface area contributed by atoms with Gasteiger partial charge in [-0.05, 0) is 68.7 Å². The van der Waals surface area contributed by atoms with Crippen LogP contribution in [-0.4, -0.2) is 38.8 Å². The number of hydrogen-bond donors (Lipinski definition) is 1. The second kappa shape index (κ2) is 6.91. The fourth-order valence-corrected chi connectivity index (χ4v) is 4.10. The Morgan fingerprint density at radius 3 is 2.43 bits per heavy atom. The third-order valence-corrected chi connectivity index (χ3v) is 5.55. The molecule has 1 fully saturated rings. The van der Waals surface area contributed by atoms with Crippen LogP contribution in [0.2, 0.25) is 0 Å². The van der Waals surface area contributed by atoms with Crippen molar-refractivity contribution in [2.75, 3.05) is 13.1 Å². The molecule has 1 N–H and O–H groups in total. The van der Waals surface area contributed by atoms with Crippen LogP contribution in [0.4, 0.5) is 0 Å². The molecule has 0 radical (unpaired) electrons. The third kappa shape index (κ3) is 3.22. The van der Waals surface area contributed by atoms with Gasteiger partial charge in [0, 0.05) is 17.8 Å². The first-order valence-electron chi connectivity index (χ1n) is 9.59. The van der Waals surface area contributed by atoms with Crippen molar-refractivity contribution in [2.24, 2.45) is 0 Å². The average Bonchev–Trinajstić information content (AvgIpc) is 3.24. The van der Waals surface area contributed by atoms with Gasteiger partial charge >= 0.3 is 0 Å². The standard InChI is InChI=1S/C23H25N3O2/c1-16-6-4-5-7-21(16)23(28)12-13-25(15-23)22(27)19-8-10-20(11-9-19)26-18(3)14-17(2)24-26/h4-11,14,28H,12-13,15H2,1-3H3/t23-/m0/s1. The molecule has 0 spiro atoms. The van der Waals surface area contributed by atoms with Crippen molar-refractivity contribution < 1.29 is 9.90 Å². The summed E-state index contributed by atoms with van der Waals surface area (Å²) in [7, 11) is 0. The maximum atomic E-state index is 13.0. The van der Waals surface area contributed by atoms with E-state index in [1.165, 1.54) is 0 Å². The van der Waals surface area contributed by atoms with Crippen molar-refractivity contribution in [2.45, 2.75) is 32.8 Å². The number of rotatable bonds is 3. The number of aryl methyl sites for hydroxylation is 3. The summed E-state index contributed by atoms with van der Waals surface area (Å²) < 4.78 is 1.87. The van der Waals surface area contributed by atoms with Crippen LogP contribution in [-0.2, 0) is 5.60 Å². The highest BCUT2D eigenvalue weighted by Crippen LogP contribution is 2.34. The molecule has 28 heavy (non-hydrogen) atoms. The van der Waals surface area contributed by atoms with E-state index in [1.54, 1.807) is 4.90 Å². The van der Waals surface area contributed by atoms with E-state index >= 15 is 0 Å². The van der Waals surface area contributed by atoms with Gasteiger partial charge in [-0.2, -0.15) is 5.10 Å². The van der Waals surface area contributed by atoms with Crippen LogP contribution in [0, 0.1) is 20.8 Å². The van der Waals surface area contributed by atoms with Crippen molar-refractivity contribution in [3.05, 3.63) is 82.7 Å². The maximum absolute atomic E-state index is 13.0. The number of likely N-dealkylation sites (tertiary alicyclic amines) is 1. The van der Waals surface area contributed by atoms with Gasteiger partial charge in [-0.3, -0.25) is 4.79 Å². The largest absolute Gasteiger partial charge is 0.383 e. The predicted molar refractivity (Wildman–Crippen MR) is 109 cm³/mol. The highest BCUT2D eigenvalue weighted by atomic mass is 16.3. The van der Waals surface area contributed by atoms with Crippen LogP contribution < -0.4 is 0 Å². The van der Waals surface area contributed by atoms with Gasteiger partial charge in [0.15, 0.2) is 0 Å². The second-order valence-electron chi connectivity index (χ2n) is 7.71. The molecular formula is C23H25N3O2. The molecule has 1 amide bonds. The highest BCUT2D eigenvalue weighted by Gasteiger charge is 2.40. The normalized spacial score (nSPS) is 19.2. The molecule has 1 aromatic heterocycles. The summed E-state index contributed by atoms with van der Waals surface area (Å²) in [5.41, 5.74) is 4.55. The Kier molecular flexibility index (Phi) is 4.55. The molecule has 144 valence electrons. The number of β-amino-alcohol motifs (C(OH)–C–C–N with tert-alkyl or cyclic N) is 1. The first-order valence-corrected chi connectivity index (χ1v) is 9.59. The topological polar surface area (TPSA) is 58.4 Å². The second-order valence-corrected chi connectivity index (χ2v) is 7.71. The van der Waals surface area contributed by atoms with Crippen molar-refractivity contribution in [3.63, 3.8) is 0 Å². The van der Waals surface area contributed by atoms with E-state index in [0.717, 1.165) is 28.2 Å². The summed E-state index contributed by atoms with van der Waals surface area (Å²) >= 11 is 0. The summed E-state index contributed by atoms with van der Waals surface area (Å²) in [4.78, 5) is 14.7. The Bertz CT molecular complexity index is 1020. The third-order valence-electron chi connectivity index (χ3n) is 5.55. The van der Waals surface area contributed by atoms with E-state index in [9.17, 15) is 9.90 Å². The van der Waals surface area contributed by atoms with Crippen molar-refractivity contribution in [3.8, 4) is 5.69 Å². The summed E-state index contributed by atoms with van der Waals surface area (Å²) in [6.45, 7) is 6.83. The maximum Gasteiger partial charge on any atom is 0.253 e. The molecule has 0 bridgehead atoms. The van der Waals surface area contributed by atoms with E-state index in [0.29, 0.717) is 25.1 Å². The number of carbonyl (C=O) groups is 1. The van der Waals surface area contributed by atoms with Crippen LogP contribution in [0.5, 0.6) is 0 Å². The molecule has 0 saturated carbocycles. The first kappa shape index (κ1) is 18.4. The molecule has 1 atom stereocenters. The zero-order valence-corrected chi connectivity index (χ0v) is 16.5. The average molecular weight is 375 g/mol. The lowest BCUT2D eigenvalue weighted by Gasteiger charge is -2.25. The predicted octanol–water partition coefficient (Wildman–Crippen LogP) is 3.53. The number of benzene rings is 2. The molecule has 1 aliphatic rings. The minimum absolute atomic E-state index is 0.0515. The van der Waals surface area contributed by atoms with Gasteiger partial charge in [0.1, 0.15) is 5.60 Å². The number of amides is 1. The quantitative estimate of drug-likeness (QED) is 0.762. The van der Waals surface area contributed by atoms with Crippen molar-refractivity contribution in [1.29, 1.82) is 0 Å². The molecule has 0 unspecified atom stereocenters. The molecule has 4 rings (SSSR count). The lowest BCUT2D eigenvalue weighted by Crippen LogP contribution is -2.34. The fourth-order valence-electron chi connectivity index (χ4n) is 4.10. The fraction of sp³-hybridized carbons (Fsp3) is 0.304. The Labute approximate surface area is 165 Å². The summed E-state index contributed by atoms with van der Waals surface area (Å²) in [5.74, 6) is -0.0515. The van der Waals surface area contributed by atoms with Crippen LogP contribution in [0.1, 0.15) is 39.3 Å².